The number of aromatic nitrogens is 2. The summed E-state index contributed by atoms with van der Waals surface area (Å²) in [6.45, 7) is 0.760. The molecule has 0 saturated heterocycles. The van der Waals surface area contributed by atoms with E-state index in [9.17, 15) is 18.0 Å². The number of fused-ring (bicyclic) bond motifs is 1. The van der Waals surface area contributed by atoms with Gasteiger partial charge in [0.05, 0.1) is 22.5 Å². The van der Waals surface area contributed by atoms with Crippen molar-refractivity contribution in [2.75, 3.05) is 11.9 Å². The lowest BCUT2D eigenvalue weighted by Crippen LogP contribution is -2.08. The fourth-order valence-electron chi connectivity index (χ4n) is 3.17. The molecule has 1 saturated carbocycles. The molecule has 1 aromatic carbocycles. The highest BCUT2D eigenvalue weighted by Crippen LogP contribution is 2.36. The Labute approximate surface area is 153 Å². The first-order valence-corrected chi connectivity index (χ1v) is 8.85. The largest absolute Gasteiger partial charge is 0.417 e. The van der Waals surface area contributed by atoms with Crippen LogP contribution in [0.4, 0.5) is 18.9 Å². The summed E-state index contributed by atoms with van der Waals surface area (Å²) in [5.41, 5.74) is 1.62. The predicted molar refractivity (Wildman–Crippen MR) is 98.6 cm³/mol. The molecule has 27 heavy (non-hydrogen) atoms. The van der Waals surface area contributed by atoms with E-state index in [0.29, 0.717) is 16.8 Å². The minimum absolute atomic E-state index is 0.202. The van der Waals surface area contributed by atoms with Gasteiger partial charge in [0.2, 0.25) is 5.56 Å². The number of pyridine rings is 2. The van der Waals surface area contributed by atoms with E-state index in [0.717, 1.165) is 42.2 Å². The summed E-state index contributed by atoms with van der Waals surface area (Å²) in [4.78, 5) is 18.4. The molecule has 0 unspecified atom stereocenters. The number of nitrogens with zero attached hydrogens (tertiary/aromatic N) is 1. The highest BCUT2D eigenvalue weighted by molar-refractivity contribution is 5.99. The van der Waals surface area contributed by atoms with Gasteiger partial charge in [0, 0.05) is 29.8 Å². The van der Waals surface area contributed by atoms with Crippen LogP contribution in [0.15, 0.2) is 47.4 Å². The zero-order valence-corrected chi connectivity index (χ0v) is 14.4. The van der Waals surface area contributed by atoms with E-state index < -0.39 is 11.7 Å². The molecular formula is C20H18F3N3O. The van der Waals surface area contributed by atoms with Gasteiger partial charge in [-0.25, -0.2) is 0 Å². The SMILES string of the molecule is O=c1ccc2c(NCCC3CC3)c(-c3ccc(C(F)(F)F)cn3)ccc2[nH]1. The van der Waals surface area contributed by atoms with Gasteiger partial charge < -0.3 is 10.3 Å². The minimum Gasteiger partial charge on any atom is -0.384 e. The maximum Gasteiger partial charge on any atom is 0.417 e. The number of rotatable bonds is 5. The number of hydrogen-bond acceptors (Lipinski definition) is 3. The molecule has 2 heterocycles. The summed E-state index contributed by atoms with van der Waals surface area (Å²) in [6, 6.07) is 9.10. The van der Waals surface area contributed by atoms with Crippen LogP contribution in [0.5, 0.6) is 0 Å². The average molecular weight is 373 g/mol. The monoisotopic (exact) mass is 373 g/mol. The number of benzene rings is 1. The summed E-state index contributed by atoms with van der Waals surface area (Å²) in [5.74, 6) is 0.750. The summed E-state index contributed by atoms with van der Waals surface area (Å²) in [6.07, 6.45) is -0.0323. The van der Waals surface area contributed by atoms with E-state index >= 15 is 0 Å². The average Bonchev–Trinajstić information content (AvgIpc) is 3.45. The van der Waals surface area contributed by atoms with Gasteiger partial charge in [-0.3, -0.25) is 9.78 Å². The molecule has 0 bridgehead atoms. The van der Waals surface area contributed by atoms with Crippen molar-refractivity contribution in [3.05, 3.63) is 58.5 Å². The van der Waals surface area contributed by atoms with Gasteiger partial charge in [0.1, 0.15) is 0 Å². The van der Waals surface area contributed by atoms with E-state index in [1.165, 1.54) is 25.0 Å². The quantitative estimate of drug-likeness (QED) is 0.674. The second kappa shape index (κ2) is 6.72. The van der Waals surface area contributed by atoms with Gasteiger partial charge in [-0.2, -0.15) is 13.2 Å². The molecule has 0 spiro atoms. The van der Waals surface area contributed by atoms with E-state index in [-0.39, 0.29) is 5.56 Å². The Bertz CT molecular complexity index is 1020. The van der Waals surface area contributed by atoms with Crippen LogP contribution in [0.3, 0.4) is 0 Å². The van der Waals surface area contributed by atoms with Gasteiger partial charge >= 0.3 is 6.18 Å². The molecule has 2 aromatic heterocycles. The molecule has 0 atom stereocenters. The highest BCUT2D eigenvalue weighted by atomic mass is 19.4. The molecule has 1 aliphatic rings. The summed E-state index contributed by atoms with van der Waals surface area (Å²) in [5, 5.41) is 4.22. The zero-order chi connectivity index (χ0) is 19.0. The smallest absolute Gasteiger partial charge is 0.384 e. The summed E-state index contributed by atoms with van der Waals surface area (Å²) in [7, 11) is 0. The number of anilines is 1. The van der Waals surface area contributed by atoms with Crippen LogP contribution in [-0.2, 0) is 6.18 Å². The van der Waals surface area contributed by atoms with Gasteiger partial charge in [-0.15, -0.1) is 0 Å². The van der Waals surface area contributed by atoms with Gasteiger partial charge in [0.25, 0.3) is 0 Å². The van der Waals surface area contributed by atoms with Crippen LogP contribution in [0, 0.1) is 5.92 Å². The van der Waals surface area contributed by atoms with Crippen LogP contribution in [-0.4, -0.2) is 16.5 Å². The Morgan fingerprint density at radius 3 is 2.59 bits per heavy atom. The van der Waals surface area contributed by atoms with Crippen molar-refractivity contribution in [1.82, 2.24) is 9.97 Å². The highest BCUT2D eigenvalue weighted by Gasteiger charge is 2.30. The third-order valence-electron chi connectivity index (χ3n) is 4.82. The number of alkyl halides is 3. The molecule has 4 nitrogen and oxygen atoms in total. The van der Waals surface area contributed by atoms with Crippen molar-refractivity contribution < 1.29 is 13.2 Å². The molecule has 2 N–H and O–H groups in total. The van der Waals surface area contributed by atoms with Crippen LogP contribution in [0.25, 0.3) is 22.2 Å². The number of hydrogen-bond donors (Lipinski definition) is 2. The van der Waals surface area contributed by atoms with Gasteiger partial charge in [-0.1, -0.05) is 12.8 Å². The van der Waals surface area contributed by atoms with Gasteiger partial charge in [0.15, 0.2) is 0 Å². The molecule has 7 heteroatoms. The third-order valence-corrected chi connectivity index (χ3v) is 4.82. The Balaban J connectivity index is 1.75. The maximum atomic E-state index is 12.8. The van der Waals surface area contributed by atoms with Crippen LogP contribution < -0.4 is 10.9 Å². The first-order valence-electron chi connectivity index (χ1n) is 8.85. The third kappa shape index (κ3) is 3.82. The first-order chi connectivity index (χ1) is 12.9. The molecule has 4 rings (SSSR count). The number of halogens is 3. The molecule has 1 fully saturated rings. The molecule has 0 radical (unpaired) electrons. The Hall–Kier alpha value is -2.83. The number of H-pyrrole nitrogens is 1. The maximum absolute atomic E-state index is 12.8. The lowest BCUT2D eigenvalue weighted by atomic mass is 10.0. The second-order valence-electron chi connectivity index (χ2n) is 6.86. The van der Waals surface area contributed by atoms with Crippen molar-refractivity contribution in [3.8, 4) is 11.3 Å². The molecule has 0 aliphatic heterocycles. The van der Waals surface area contributed by atoms with E-state index in [1.54, 1.807) is 18.2 Å². The topological polar surface area (TPSA) is 57.8 Å². The normalized spacial score (nSPS) is 14.5. The van der Waals surface area contributed by atoms with E-state index in [2.05, 4.69) is 15.3 Å². The molecular weight excluding hydrogens is 355 g/mol. The van der Waals surface area contributed by atoms with E-state index in [1.807, 2.05) is 0 Å². The van der Waals surface area contributed by atoms with Crippen molar-refractivity contribution in [2.45, 2.75) is 25.4 Å². The van der Waals surface area contributed by atoms with Crippen molar-refractivity contribution in [2.24, 2.45) is 5.92 Å². The standard InChI is InChI=1S/C20H18F3N3O/c21-20(22,23)13-3-6-16(25-11-13)14-4-7-17-15(5-8-18(27)26-17)19(14)24-10-9-12-1-2-12/h3-8,11-12,24H,1-2,9-10H2,(H,26,27). The Kier molecular flexibility index (Phi) is 4.37. The molecule has 140 valence electrons. The number of nitrogens with one attached hydrogen (secondary N) is 2. The zero-order valence-electron chi connectivity index (χ0n) is 14.4. The lowest BCUT2D eigenvalue weighted by molar-refractivity contribution is -0.137. The second-order valence-corrected chi connectivity index (χ2v) is 6.86. The van der Waals surface area contributed by atoms with Crippen molar-refractivity contribution in [3.63, 3.8) is 0 Å². The fraction of sp³-hybridized carbons (Fsp3) is 0.300. The Morgan fingerprint density at radius 1 is 1.11 bits per heavy atom. The summed E-state index contributed by atoms with van der Waals surface area (Å²) < 4.78 is 38.4. The fourth-order valence-corrected chi connectivity index (χ4v) is 3.17. The van der Waals surface area contributed by atoms with Gasteiger partial charge in [-0.05, 0) is 42.7 Å². The van der Waals surface area contributed by atoms with Crippen molar-refractivity contribution in [1.29, 1.82) is 0 Å². The van der Waals surface area contributed by atoms with Crippen molar-refractivity contribution >= 4 is 16.6 Å². The Morgan fingerprint density at radius 2 is 1.93 bits per heavy atom. The van der Waals surface area contributed by atoms with E-state index in [4.69, 9.17) is 0 Å². The number of aromatic amines is 1. The van der Waals surface area contributed by atoms with Crippen LogP contribution in [0.2, 0.25) is 0 Å². The van der Waals surface area contributed by atoms with Crippen LogP contribution in [0.1, 0.15) is 24.8 Å². The van der Waals surface area contributed by atoms with Crippen LogP contribution >= 0.6 is 0 Å². The molecule has 1 aliphatic carbocycles. The molecule has 3 aromatic rings. The predicted octanol–water partition coefficient (Wildman–Crippen LogP) is 4.82. The molecule has 0 amide bonds. The minimum atomic E-state index is -4.42. The first kappa shape index (κ1) is 17.6. The summed E-state index contributed by atoms with van der Waals surface area (Å²) >= 11 is 0. The lowest BCUT2D eigenvalue weighted by Gasteiger charge is -2.15.